The highest BCUT2D eigenvalue weighted by Crippen LogP contribution is 2.31. The van der Waals surface area contributed by atoms with Gasteiger partial charge in [0.15, 0.2) is 0 Å². The van der Waals surface area contributed by atoms with Crippen LogP contribution >= 0.6 is 0 Å². The quantitative estimate of drug-likeness (QED) is 0.778. The van der Waals surface area contributed by atoms with Crippen molar-refractivity contribution in [2.75, 3.05) is 23.3 Å². The summed E-state index contributed by atoms with van der Waals surface area (Å²) in [5.41, 5.74) is 2.60. The summed E-state index contributed by atoms with van der Waals surface area (Å²) < 4.78 is 0. The molecular formula is C19H32N2. The zero-order chi connectivity index (χ0) is 15.2. The SMILES string of the molecule is CCN(CC)c1ccc(NC2CCC(C(C)C)CC2)cc1. The molecule has 21 heavy (non-hydrogen) atoms. The number of anilines is 2. The summed E-state index contributed by atoms with van der Waals surface area (Å²) in [6, 6.07) is 9.63. The van der Waals surface area contributed by atoms with E-state index in [4.69, 9.17) is 0 Å². The van der Waals surface area contributed by atoms with Gasteiger partial charge in [0.25, 0.3) is 0 Å². The average Bonchev–Trinajstić information content (AvgIpc) is 2.51. The fourth-order valence-electron chi connectivity index (χ4n) is 3.52. The number of rotatable bonds is 6. The topological polar surface area (TPSA) is 15.3 Å². The molecule has 0 spiro atoms. The molecule has 1 fully saturated rings. The van der Waals surface area contributed by atoms with Crippen LogP contribution in [0, 0.1) is 11.8 Å². The van der Waals surface area contributed by atoms with Crippen molar-refractivity contribution in [3.05, 3.63) is 24.3 Å². The van der Waals surface area contributed by atoms with Crippen molar-refractivity contribution in [1.82, 2.24) is 0 Å². The van der Waals surface area contributed by atoms with Crippen LogP contribution in [-0.2, 0) is 0 Å². The van der Waals surface area contributed by atoms with E-state index in [-0.39, 0.29) is 0 Å². The van der Waals surface area contributed by atoms with Gasteiger partial charge in [0.1, 0.15) is 0 Å². The molecule has 118 valence electrons. The molecule has 0 unspecified atom stereocenters. The van der Waals surface area contributed by atoms with Crippen LogP contribution in [0.1, 0.15) is 53.4 Å². The Morgan fingerprint density at radius 1 is 1.00 bits per heavy atom. The molecule has 2 heteroatoms. The molecule has 1 aliphatic rings. The van der Waals surface area contributed by atoms with Crippen LogP contribution in [0.25, 0.3) is 0 Å². The van der Waals surface area contributed by atoms with Gasteiger partial charge < -0.3 is 10.2 Å². The molecular weight excluding hydrogens is 256 g/mol. The molecule has 1 saturated carbocycles. The lowest BCUT2D eigenvalue weighted by atomic mass is 9.79. The molecule has 2 nitrogen and oxygen atoms in total. The minimum atomic E-state index is 0.666. The second-order valence-electron chi connectivity index (χ2n) is 6.72. The summed E-state index contributed by atoms with van der Waals surface area (Å²) in [7, 11) is 0. The van der Waals surface area contributed by atoms with E-state index in [9.17, 15) is 0 Å². The van der Waals surface area contributed by atoms with E-state index in [2.05, 4.69) is 62.2 Å². The predicted octanol–water partition coefficient (Wildman–Crippen LogP) is 5.16. The molecule has 1 N–H and O–H groups in total. The van der Waals surface area contributed by atoms with Crippen molar-refractivity contribution >= 4 is 11.4 Å². The summed E-state index contributed by atoms with van der Waals surface area (Å²) in [5, 5.41) is 3.72. The van der Waals surface area contributed by atoms with Gasteiger partial charge in [-0.1, -0.05) is 13.8 Å². The first kappa shape index (κ1) is 16.2. The summed E-state index contributed by atoms with van der Waals surface area (Å²) in [4.78, 5) is 2.39. The fourth-order valence-corrected chi connectivity index (χ4v) is 3.52. The van der Waals surface area contributed by atoms with Gasteiger partial charge in [0.2, 0.25) is 0 Å². The average molecular weight is 288 g/mol. The molecule has 0 aromatic heterocycles. The van der Waals surface area contributed by atoms with Crippen LogP contribution in [-0.4, -0.2) is 19.1 Å². The lowest BCUT2D eigenvalue weighted by Gasteiger charge is -2.32. The van der Waals surface area contributed by atoms with Crippen LogP contribution in [0.4, 0.5) is 11.4 Å². The van der Waals surface area contributed by atoms with Gasteiger partial charge in [-0.2, -0.15) is 0 Å². The van der Waals surface area contributed by atoms with E-state index < -0.39 is 0 Å². The monoisotopic (exact) mass is 288 g/mol. The molecule has 0 radical (unpaired) electrons. The molecule has 0 bridgehead atoms. The Bertz CT molecular complexity index is 398. The van der Waals surface area contributed by atoms with E-state index in [1.807, 2.05) is 0 Å². The number of benzene rings is 1. The Labute approximate surface area is 130 Å². The summed E-state index contributed by atoms with van der Waals surface area (Å²) in [6.07, 6.45) is 5.40. The first-order valence-corrected chi connectivity index (χ1v) is 8.75. The van der Waals surface area contributed by atoms with E-state index in [0.29, 0.717) is 6.04 Å². The second-order valence-corrected chi connectivity index (χ2v) is 6.72. The molecule has 0 amide bonds. The molecule has 0 heterocycles. The normalized spacial score (nSPS) is 22.3. The third-order valence-corrected chi connectivity index (χ3v) is 5.08. The smallest absolute Gasteiger partial charge is 0.0367 e. The van der Waals surface area contributed by atoms with Crippen molar-refractivity contribution < 1.29 is 0 Å². The minimum absolute atomic E-state index is 0.666. The molecule has 0 saturated heterocycles. The van der Waals surface area contributed by atoms with E-state index in [1.54, 1.807) is 0 Å². The third kappa shape index (κ3) is 4.39. The van der Waals surface area contributed by atoms with Gasteiger partial charge in [0, 0.05) is 30.5 Å². The van der Waals surface area contributed by atoms with Gasteiger partial charge in [-0.05, 0) is 75.6 Å². The Morgan fingerprint density at radius 3 is 2.05 bits per heavy atom. The Morgan fingerprint density at radius 2 is 1.57 bits per heavy atom. The molecule has 1 aromatic carbocycles. The molecule has 1 aromatic rings. The van der Waals surface area contributed by atoms with Crippen LogP contribution in [0.3, 0.4) is 0 Å². The van der Waals surface area contributed by atoms with Crippen LogP contribution < -0.4 is 10.2 Å². The highest BCUT2D eigenvalue weighted by atomic mass is 15.1. The van der Waals surface area contributed by atoms with E-state index in [0.717, 1.165) is 24.9 Å². The van der Waals surface area contributed by atoms with Gasteiger partial charge in [-0.15, -0.1) is 0 Å². The van der Waals surface area contributed by atoms with Crippen LogP contribution in [0.2, 0.25) is 0 Å². The number of nitrogens with zero attached hydrogens (tertiary/aromatic N) is 1. The molecule has 2 rings (SSSR count). The maximum Gasteiger partial charge on any atom is 0.0367 e. The highest BCUT2D eigenvalue weighted by Gasteiger charge is 2.22. The molecule has 1 aliphatic carbocycles. The zero-order valence-corrected chi connectivity index (χ0v) is 14.2. The van der Waals surface area contributed by atoms with Crippen molar-refractivity contribution in [3.8, 4) is 0 Å². The van der Waals surface area contributed by atoms with Gasteiger partial charge in [0.05, 0.1) is 0 Å². The van der Waals surface area contributed by atoms with Gasteiger partial charge >= 0.3 is 0 Å². The lowest BCUT2D eigenvalue weighted by molar-refractivity contribution is 0.267. The first-order chi connectivity index (χ1) is 10.1. The summed E-state index contributed by atoms with van der Waals surface area (Å²) >= 11 is 0. The Hall–Kier alpha value is -1.18. The summed E-state index contributed by atoms with van der Waals surface area (Å²) in [6.45, 7) is 11.3. The van der Waals surface area contributed by atoms with Crippen molar-refractivity contribution in [2.24, 2.45) is 11.8 Å². The molecule has 0 aliphatic heterocycles. The van der Waals surface area contributed by atoms with Gasteiger partial charge in [-0.3, -0.25) is 0 Å². The Balaban J connectivity index is 1.87. The largest absolute Gasteiger partial charge is 0.382 e. The minimum Gasteiger partial charge on any atom is -0.382 e. The predicted molar refractivity (Wildman–Crippen MR) is 94.2 cm³/mol. The number of nitrogens with one attached hydrogen (secondary N) is 1. The van der Waals surface area contributed by atoms with Crippen molar-refractivity contribution in [2.45, 2.75) is 59.4 Å². The number of hydrogen-bond donors (Lipinski definition) is 1. The zero-order valence-electron chi connectivity index (χ0n) is 14.2. The highest BCUT2D eigenvalue weighted by molar-refractivity contribution is 5.55. The second kappa shape index (κ2) is 7.72. The number of hydrogen-bond acceptors (Lipinski definition) is 2. The van der Waals surface area contributed by atoms with Crippen molar-refractivity contribution in [1.29, 1.82) is 0 Å². The maximum absolute atomic E-state index is 3.72. The fraction of sp³-hybridized carbons (Fsp3) is 0.684. The van der Waals surface area contributed by atoms with Crippen LogP contribution in [0.15, 0.2) is 24.3 Å². The van der Waals surface area contributed by atoms with E-state index >= 15 is 0 Å². The standard InChI is InChI=1S/C19H32N2/c1-5-21(6-2)19-13-11-18(12-14-19)20-17-9-7-16(8-10-17)15(3)4/h11-17,20H,5-10H2,1-4H3. The first-order valence-electron chi connectivity index (χ1n) is 8.75. The van der Waals surface area contributed by atoms with Crippen LogP contribution in [0.5, 0.6) is 0 Å². The summed E-state index contributed by atoms with van der Waals surface area (Å²) in [5.74, 6) is 1.78. The van der Waals surface area contributed by atoms with E-state index in [1.165, 1.54) is 37.1 Å². The van der Waals surface area contributed by atoms with Gasteiger partial charge in [-0.25, -0.2) is 0 Å². The third-order valence-electron chi connectivity index (χ3n) is 5.08. The maximum atomic E-state index is 3.72. The lowest BCUT2D eigenvalue weighted by Crippen LogP contribution is -2.28. The molecule has 0 atom stereocenters. The Kier molecular flexibility index (Phi) is 5.96. The van der Waals surface area contributed by atoms with Crippen molar-refractivity contribution in [3.63, 3.8) is 0 Å².